The number of hydrazine groups is 1. The Labute approximate surface area is 131 Å². The van der Waals surface area contributed by atoms with Gasteiger partial charge in [-0.25, -0.2) is 17.2 Å². The molecule has 0 fully saturated rings. The summed E-state index contributed by atoms with van der Waals surface area (Å²) in [6.45, 7) is -0.624. The van der Waals surface area contributed by atoms with E-state index in [2.05, 4.69) is 0 Å². The summed E-state index contributed by atoms with van der Waals surface area (Å²) in [4.78, 5) is 12.6. The Kier molecular flexibility index (Phi) is 5.24. The topological polar surface area (TPSA) is 84.5 Å². The minimum absolute atomic E-state index is 0.153. The molecule has 2 N–H and O–H groups in total. The van der Waals surface area contributed by atoms with Gasteiger partial charge in [0.2, 0.25) is 0 Å². The normalized spacial score (nSPS) is 11.0. The van der Waals surface area contributed by atoms with Crippen LogP contribution in [0.3, 0.4) is 0 Å². The fraction of sp³-hybridized carbons (Fsp3) is 0.0714. The largest absolute Gasteiger partial charge is 0.481 e. The Bertz CT molecular complexity index is 812. The summed E-state index contributed by atoms with van der Waals surface area (Å²) in [5.41, 5.74) is 1.85. The lowest BCUT2D eigenvalue weighted by Gasteiger charge is -2.10. The molecule has 0 heterocycles. The molecule has 0 aliphatic rings. The second kappa shape index (κ2) is 7.16. The van der Waals surface area contributed by atoms with E-state index in [4.69, 9.17) is 4.74 Å². The van der Waals surface area contributed by atoms with Gasteiger partial charge in [0.25, 0.3) is 15.9 Å². The van der Waals surface area contributed by atoms with E-state index < -0.39 is 39.1 Å². The average Bonchev–Trinajstić information content (AvgIpc) is 2.52. The number of hydrogen-bond donors (Lipinski definition) is 2. The first-order valence-corrected chi connectivity index (χ1v) is 7.81. The van der Waals surface area contributed by atoms with Crippen LogP contribution in [0.5, 0.6) is 5.75 Å². The highest BCUT2D eigenvalue weighted by atomic mass is 32.2. The first-order valence-electron chi connectivity index (χ1n) is 6.32. The third-order valence-corrected chi connectivity index (χ3v) is 3.93. The van der Waals surface area contributed by atoms with E-state index >= 15 is 0 Å². The molecule has 2 rings (SSSR count). The van der Waals surface area contributed by atoms with Crippen LogP contribution in [-0.2, 0) is 14.8 Å². The Morgan fingerprint density at radius 3 is 2.26 bits per heavy atom. The summed E-state index contributed by atoms with van der Waals surface area (Å²) >= 11 is 0. The predicted molar refractivity (Wildman–Crippen MR) is 76.8 cm³/mol. The number of rotatable bonds is 6. The molecule has 0 unspecified atom stereocenters. The fourth-order valence-electron chi connectivity index (χ4n) is 1.58. The number of benzene rings is 2. The molecule has 6 nitrogen and oxygen atoms in total. The Balaban J connectivity index is 1.92. The number of amides is 1. The summed E-state index contributed by atoms with van der Waals surface area (Å²) in [7, 11) is -4.26. The van der Waals surface area contributed by atoms with Gasteiger partial charge in [-0.3, -0.25) is 10.2 Å². The van der Waals surface area contributed by atoms with Crippen molar-refractivity contribution in [2.24, 2.45) is 0 Å². The number of carbonyl (C=O) groups is 1. The van der Waals surface area contributed by atoms with Crippen LogP contribution >= 0.6 is 0 Å². The number of sulfonamides is 1. The van der Waals surface area contributed by atoms with Crippen LogP contribution in [0.25, 0.3) is 0 Å². The highest BCUT2D eigenvalue weighted by Crippen LogP contribution is 2.15. The molecule has 0 bridgehead atoms. The lowest BCUT2D eigenvalue weighted by molar-refractivity contribution is -0.123. The van der Waals surface area contributed by atoms with Crippen molar-refractivity contribution in [1.29, 1.82) is 0 Å². The zero-order valence-corrected chi connectivity index (χ0v) is 12.4. The summed E-state index contributed by atoms with van der Waals surface area (Å²) in [5.74, 6) is -2.66. The number of para-hydroxylation sites is 1. The van der Waals surface area contributed by atoms with Gasteiger partial charge in [0.1, 0.15) is 10.7 Å². The van der Waals surface area contributed by atoms with E-state index in [1.54, 1.807) is 4.83 Å². The maximum Gasteiger partial charge on any atom is 0.272 e. The highest BCUT2D eigenvalue weighted by Gasteiger charge is 2.19. The van der Waals surface area contributed by atoms with Crippen LogP contribution < -0.4 is 15.0 Å². The van der Waals surface area contributed by atoms with Crippen LogP contribution in [0, 0.1) is 11.6 Å². The molecule has 0 radical (unpaired) electrons. The van der Waals surface area contributed by atoms with Crippen LogP contribution in [0.4, 0.5) is 8.78 Å². The van der Waals surface area contributed by atoms with Gasteiger partial charge >= 0.3 is 0 Å². The summed E-state index contributed by atoms with van der Waals surface area (Å²) in [6, 6.07) is 10.1. The van der Waals surface area contributed by atoms with Crippen molar-refractivity contribution in [3.8, 4) is 5.75 Å². The quantitative estimate of drug-likeness (QED) is 0.776. The second-order valence-corrected chi connectivity index (χ2v) is 5.95. The molecule has 122 valence electrons. The van der Waals surface area contributed by atoms with Crippen molar-refractivity contribution in [3.63, 3.8) is 0 Å². The SMILES string of the molecule is O=C(COc1ccccc1F)NNS(=O)(=O)c1ccccc1F. The van der Waals surface area contributed by atoms with Gasteiger partial charge in [-0.2, -0.15) is 0 Å². The van der Waals surface area contributed by atoms with E-state index in [-0.39, 0.29) is 5.75 Å². The maximum absolute atomic E-state index is 13.4. The van der Waals surface area contributed by atoms with E-state index in [0.717, 1.165) is 18.2 Å². The smallest absolute Gasteiger partial charge is 0.272 e. The van der Waals surface area contributed by atoms with Crippen molar-refractivity contribution < 1.29 is 26.7 Å². The van der Waals surface area contributed by atoms with Crippen LogP contribution in [-0.4, -0.2) is 20.9 Å². The molecule has 0 spiro atoms. The summed E-state index contributed by atoms with van der Waals surface area (Å²) in [5, 5.41) is 0. The molecule has 0 aliphatic heterocycles. The van der Waals surface area contributed by atoms with Gasteiger partial charge in [0.05, 0.1) is 0 Å². The number of hydrogen-bond acceptors (Lipinski definition) is 4. The van der Waals surface area contributed by atoms with Crippen LogP contribution in [0.15, 0.2) is 53.4 Å². The van der Waals surface area contributed by atoms with Gasteiger partial charge in [-0.15, -0.1) is 4.83 Å². The van der Waals surface area contributed by atoms with Crippen molar-refractivity contribution in [3.05, 3.63) is 60.2 Å². The lowest BCUT2D eigenvalue weighted by Crippen LogP contribution is -2.44. The van der Waals surface area contributed by atoms with Gasteiger partial charge in [-0.1, -0.05) is 24.3 Å². The molecule has 1 amide bonds. The maximum atomic E-state index is 13.4. The second-order valence-electron chi connectivity index (χ2n) is 4.30. The summed E-state index contributed by atoms with van der Waals surface area (Å²) < 4.78 is 55.2. The number of ether oxygens (including phenoxy) is 1. The highest BCUT2D eigenvalue weighted by molar-refractivity contribution is 7.89. The predicted octanol–water partition coefficient (Wildman–Crippen LogP) is 1.35. The molecule has 0 aliphatic carbocycles. The lowest BCUT2D eigenvalue weighted by atomic mass is 10.3. The summed E-state index contributed by atoms with van der Waals surface area (Å²) in [6.07, 6.45) is 0. The average molecular weight is 342 g/mol. The molecule has 2 aromatic rings. The van der Waals surface area contributed by atoms with E-state index in [9.17, 15) is 22.0 Å². The van der Waals surface area contributed by atoms with E-state index in [0.29, 0.717) is 0 Å². The standard InChI is InChI=1S/C14H12F2N2O4S/c15-10-5-1-3-7-12(10)22-9-14(19)17-18-23(20,21)13-8-4-2-6-11(13)16/h1-8,18H,9H2,(H,17,19). The molecule has 0 atom stereocenters. The molecular weight excluding hydrogens is 330 g/mol. The Morgan fingerprint density at radius 1 is 1.00 bits per heavy atom. The molecule has 9 heteroatoms. The fourth-order valence-corrected chi connectivity index (χ4v) is 2.52. The van der Waals surface area contributed by atoms with Crippen LogP contribution in [0.1, 0.15) is 0 Å². The first kappa shape index (κ1) is 16.8. The number of carbonyl (C=O) groups excluding carboxylic acids is 1. The first-order chi connectivity index (χ1) is 10.9. The zero-order valence-electron chi connectivity index (χ0n) is 11.6. The van der Waals surface area contributed by atoms with Crippen molar-refractivity contribution >= 4 is 15.9 Å². The Hall–Kier alpha value is -2.52. The van der Waals surface area contributed by atoms with E-state index in [1.165, 1.54) is 30.3 Å². The Morgan fingerprint density at radius 2 is 1.61 bits per heavy atom. The van der Waals surface area contributed by atoms with Crippen LogP contribution in [0.2, 0.25) is 0 Å². The monoisotopic (exact) mass is 342 g/mol. The van der Waals surface area contributed by atoms with Crippen molar-refractivity contribution in [1.82, 2.24) is 10.3 Å². The van der Waals surface area contributed by atoms with Crippen molar-refractivity contribution in [2.45, 2.75) is 4.90 Å². The zero-order chi connectivity index (χ0) is 16.9. The van der Waals surface area contributed by atoms with Gasteiger partial charge in [0, 0.05) is 0 Å². The van der Waals surface area contributed by atoms with Crippen molar-refractivity contribution in [2.75, 3.05) is 6.61 Å². The molecule has 0 aromatic heterocycles. The van der Waals surface area contributed by atoms with Gasteiger partial charge in [-0.05, 0) is 24.3 Å². The molecule has 0 saturated carbocycles. The molecule has 0 saturated heterocycles. The number of halogens is 2. The van der Waals surface area contributed by atoms with E-state index in [1.807, 2.05) is 5.43 Å². The van der Waals surface area contributed by atoms with Gasteiger partial charge in [0.15, 0.2) is 18.2 Å². The minimum Gasteiger partial charge on any atom is -0.481 e. The molecular formula is C14H12F2N2O4S. The van der Waals surface area contributed by atoms with Gasteiger partial charge < -0.3 is 4.74 Å². The third-order valence-electron chi connectivity index (χ3n) is 2.65. The third kappa shape index (κ3) is 4.47. The molecule has 2 aromatic carbocycles. The minimum atomic E-state index is -4.26. The number of nitrogens with one attached hydrogen (secondary N) is 2. The molecule has 23 heavy (non-hydrogen) atoms.